The lowest BCUT2D eigenvalue weighted by Gasteiger charge is -2.15. The molecule has 1 aliphatic rings. The van der Waals surface area contributed by atoms with Gasteiger partial charge in [-0.1, -0.05) is 29.8 Å². The lowest BCUT2D eigenvalue weighted by molar-refractivity contribution is -0.596. The molecule has 1 fully saturated rings. The Balaban J connectivity index is 1.71. The molecule has 0 unspecified atom stereocenters. The third-order valence-corrected chi connectivity index (χ3v) is 5.71. The van der Waals surface area contributed by atoms with E-state index in [1.54, 1.807) is 36.1 Å². The molecule has 3 aromatic carbocycles. The van der Waals surface area contributed by atoms with E-state index < -0.39 is 12.1 Å². The summed E-state index contributed by atoms with van der Waals surface area (Å²) in [7, 11) is 1.60. The Bertz CT molecular complexity index is 1170. The summed E-state index contributed by atoms with van der Waals surface area (Å²) in [5.74, 6) is 0.0678. The van der Waals surface area contributed by atoms with Crippen LogP contribution in [0.5, 0.6) is 5.75 Å². The third-order valence-electron chi connectivity index (χ3n) is 5.45. The number of hydrogen-bond donors (Lipinski definition) is 2. The first-order valence-corrected chi connectivity index (χ1v) is 10.5. The van der Waals surface area contributed by atoms with E-state index in [0.29, 0.717) is 16.3 Å². The number of nitrogens with zero attached hydrogens (tertiary/aromatic N) is 1. The van der Waals surface area contributed by atoms with Crippen molar-refractivity contribution in [3.05, 3.63) is 100 Å². The van der Waals surface area contributed by atoms with E-state index in [1.807, 2.05) is 61.7 Å². The number of nitrogens with one attached hydrogen (secondary N) is 2. The average molecular weight is 449 g/mol. The molecule has 32 heavy (non-hydrogen) atoms. The highest BCUT2D eigenvalue weighted by atomic mass is 35.5. The largest absolute Gasteiger partial charge is 0.497 e. The van der Waals surface area contributed by atoms with Gasteiger partial charge < -0.3 is 10.1 Å². The van der Waals surface area contributed by atoms with Crippen molar-refractivity contribution in [1.29, 1.82) is 0 Å². The summed E-state index contributed by atoms with van der Waals surface area (Å²) < 4.78 is 7.01. The van der Waals surface area contributed by atoms with Gasteiger partial charge in [-0.25, -0.2) is 0 Å². The molecule has 162 valence electrons. The highest BCUT2D eigenvalue weighted by Crippen LogP contribution is 2.27. The first-order valence-electron chi connectivity index (χ1n) is 10.2. The van der Waals surface area contributed by atoms with Gasteiger partial charge in [-0.3, -0.25) is 9.59 Å². The predicted molar refractivity (Wildman–Crippen MR) is 123 cm³/mol. The topological polar surface area (TPSA) is 70.4 Å². The Morgan fingerprint density at radius 1 is 1.06 bits per heavy atom. The van der Waals surface area contributed by atoms with E-state index in [4.69, 9.17) is 16.3 Å². The van der Waals surface area contributed by atoms with E-state index in [9.17, 15) is 9.59 Å². The number of halogens is 1. The molecule has 1 saturated heterocycles. The lowest BCUT2D eigenvalue weighted by atomic mass is 9.99. The van der Waals surface area contributed by atoms with Gasteiger partial charge in [0.1, 0.15) is 5.75 Å². The maximum absolute atomic E-state index is 13.0. The zero-order chi connectivity index (χ0) is 22.7. The fourth-order valence-corrected chi connectivity index (χ4v) is 3.81. The zero-order valence-corrected chi connectivity index (χ0v) is 18.5. The number of carbonyl (C=O) groups is 2. The molecular weight excluding hydrogens is 426 g/mol. The highest BCUT2D eigenvalue weighted by Gasteiger charge is 2.47. The van der Waals surface area contributed by atoms with Crippen molar-refractivity contribution in [1.82, 2.24) is 10.7 Å². The van der Waals surface area contributed by atoms with E-state index in [0.717, 1.165) is 16.7 Å². The first-order chi connectivity index (χ1) is 15.5. The van der Waals surface area contributed by atoms with E-state index in [1.165, 1.54) is 0 Å². The molecule has 0 aromatic heterocycles. The molecule has 1 aliphatic heterocycles. The zero-order valence-electron chi connectivity index (χ0n) is 17.7. The van der Waals surface area contributed by atoms with Crippen LogP contribution in [0.4, 0.5) is 0 Å². The first kappa shape index (κ1) is 21.6. The predicted octanol–water partition coefficient (Wildman–Crippen LogP) is 3.67. The van der Waals surface area contributed by atoms with Gasteiger partial charge in [-0.2, -0.15) is 0 Å². The van der Waals surface area contributed by atoms with Crippen LogP contribution in [0.25, 0.3) is 0 Å². The number of hydrogen-bond acceptors (Lipinski definition) is 3. The maximum atomic E-state index is 13.0. The second-order valence-corrected chi connectivity index (χ2v) is 7.98. The van der Waals surface area contributed by atoms with Crippen molar-refractivity contribution in [2.45, 2.75) is 19.0 Å². The summed E-state index contributed by atoms with van der Waals surface area (Å²) in [6, 6.07) is 20.6. The molecule has 3 aromatic rings. The van der Waals surface area contributed by atoms with Crippen LogP contribution in [0.2, 0.25) is 5.02 Å². The van der Waals surface area contributed by atoms with Crippen LogP contribution < -0.4 is 15.5 Å². The molecule has 2 amide bonds. The van der Waals surface area contributed by atoms with Crippen LogP contribution in [-0.2, 0) is 4.79 Å². The molecule has 2 atom stereocenters. The number of rotatable bonds is 5. The Morgan fingerprint density at radius 3 is 2.41 bits per heavy atom. The minimum absolute atomic E-state index is 0.294. The van der Waals surface area contributed by atoms with Crippen molar-refractivity contribution in [2.24, 2.45) is 0 Å². The smallest absolute Gasteiger partial charge is 0.304 e. The van der Waals surface area contributed by atoms with Crippen LogP contribution in [0.1, 0.15) is 33.1 Å². The van der Waals surface area contributed by atoms with E-state index in [-0.39, 0.29) is 11.8 Å². The van der Waals surface area contributed by atoms with Crippen molar-refractivity contribution in [2.75, 3.05) is 7.11 Å². The molecule has 1 heterocycles. The maximum Gasteiger partial charge on any atom is 0.304 e. The summed E-state index contributed by atoms with van der Waals surface area (Å²) in [6.45, 7) is 2.01. The van der Waals surface area contributed by atoms with Gasteiger partial charge in [0.15, 0.2) is 6.04 Å². The molecule has 7 heteroatoms. The number of benzene rings is 3. The summed E-state index contributed by atoms with van der Waals surface area (Å²) >= 11 is 5.93. The highest BCUT2D eigenvalue weighted by molar-refractivity contribution is 6.30. The normalized spacial score (nSPS) is 19.0. The fraction of sp³-hybridized carbons (Fsp3) is 0.160. The number of hydrazone groups is 1. The van der Waals surface area contributed by atoms with Crippen LogP contribution in [0.15, 0.2) is 72.8 Å². The van der Waals surface area contributed by atoms with Gasteiger partial charge in [0.2, 0.25) is 12.3 Å². The molecular formula is C25H23ClN3O3+. The van der Waals surface area contributed by atoms with Gasteiger partial charge >= 0.3 is 5.91 Å². The van der Waals surface area contributed by atoms with Gasteiger partial charge in [0.25, 0.3) is 5.91 Å². The standard InChI is InChI=1S/C25H22ClN3O3/c1-16-5-3-4-6-19(16)15-29-23(17-9-13-21(32-2)14-10-17)22(25(31)28-29)27-24(30)18-7-11-20(26)12-8-18/h3-15,22-23H,1-2H3,(H-,27,28,30,31)/p+1/b29-15-/t22-,23-/m1/s1. The van der Waals surface area contributed by atoms with Crippen LogP contribution in [-0.4, -0.2) is 35.9 Å². The fourth-order valence-electron chi connectivity index (χ4n) is 3.69. The van der Waals surface area contributed by atoms with Gasteiger partial charge in [0, 0.05) is 21.7 Å². The summed E-state index contributed by atoms with van der Waals surface area (Å²) in [5, 5.41) is 3.42. The Morgan fingerprint density at radius 2 is 1.75 bits per heavy atom. The lowest BCUT2D eigenvalue weighted by Crippen LogP contribution is -2.42. The Labute approximate surface area is 191 Å². The Hall–Kier alpha value is -3.64. The average Bonchev–Trinajstić information content (AvgIpc) is 3.10. The summed E-state index contributed by atoms with van der Waals surface area (Å²) in [6.07, 6.45) is 1.89. The van der Waals surface area contributed by atoms with Crippen LogP contribution in [0.3, 0.4) is 0 Å². The number of carbonyl (C=O) groups excluding carboxylic acids is 2. The molecule has 0 radical (unpaired) electrons. The molecule has 0 bridgehead atoms. The van der Waals surface area contributed by atoms with Crippen LogP contribution in [0, 0.1) is 6.92 Å². The molecule has 2 N–H and O–H groups in total. The number of amides is 2. The minimum atomic E-state index is -0.799. The number of hydrazine groups is 1. The number of aryl methyl sites for hydroxylation is 1. The minimum Gasteiger partial charge on any atom is -0.497 e. The molecule has 6 nitrogen and oxygen atoms in total. The Kier molecular flexibility index (Phi) is 6.23. The van der Waals surface area contributed by atoms with E-state index >= 15 is 0 Å². The number of ether oxygens (including phenoxy) is 1. The molecule has 0 aliphatic carbocycles. The SMILES string of the molecule is COc1ccc([C@@H]2[C@@H](NC(=O)c3ccc(Cl)cc3)C(=O)N/[N+]2=C\c2ccccc2C)cc1. The van der Waals surface area contributed by atoms with Crippen molar-refractivity contribution in [3.63, 3.8) is 0 Å². The van der Waals surface area contributed by atoms with E-state index in [2.05, 4.69) is 10.7 Å². The second kappa shape index (κ2) is 9.24. The monoisotopic (exact) mass is 448 g/mol. The third kappa shape index (κ3) is 4.50. The summed E-state index contributed by atoms with van der Waals surface area (Å²) in [4.78, 5) is 25.8. The number of methoxy groups -OCH3 is 1. The van der Waals surface area contributed by atoms with Gasteiger partial charge in [0.05, 0.1) is 7.11 Å². The van der Waals surface area contributed by atoms with Crippen molar-refractivity contribution in [3.8, 4) is 5.75 Å². The molecule has 0 saturated carbocycles. The second-order valence-electron chi connectivity index (χ2n) is 7.55. The quantitative estimate of drug-likeness (QED) is 0.585. The van der Waals surface area contributed by atoms with Crippen molar-refractivity contribution >= 4 is 29.6 Å². The van der Waals surface area contributed by atoms with Crippen LogP contribution >= 0.6 is 11.6 Å². The van der Waals surface area contributed by atoms with Gasteiger partial charge in [-0.05, 0) is 67.1 Å². The van der Waals surface area contributed by atoms with Crippen molar-refractivity contribution < 1.29 is 19.0 Å². The van der Waals surface area contributed by atoms with Gasteiger partial charge in [-0.15, -0.1) is 10.1 Å². The molecule has 0 spiro atoms. The molecule has 4 rings (SSSR count). The summed E-state index contributed by atoms with van der Waals surface area (Å²) in [5.41, 5.74) is 6.22.